The molecular formula is C40H48. The number of hydrogen-bond donors (Lipinski definition) is 0. The summed E-state index contributed by atoms with van der Waals surface area (Å²) in [7, 11) is 0. The van der Waals surface area contributed by atoms with Crippen molar-refractivity contribution in [2.45, 2.75) is 69.2 Å². The molecule has 0 atom stereocenters. The predicted molar refractivity (Wildman–Crippen MR) is 182 cm³/mol. The van der Waals surface area contributed by atoms with Crippen LogP contribution in [0.4, 0.5) is 0 Å². The zero-order valence-corrected chi connectivity index (χ0v) is 26.4. The molecule has 0 fully saturated rings. The molecular weight excluding hydrogens is 480 g/mol. The minimum absolute atomic E-state index is 1.21. The Morgan fingerprint density at radius 2 is 0.725 bits per heavy atom. The Balaban J connectivity index is 1.89. The average molecular weight is 529 g/mol. The molecule has 2 rings (SSSR count). The quantitative estimate of drug-likeness (QED) is 0.269. The fourth-order valence-electron chi connectivity index (χ4n) is 4.10. The number of hydrogen-bond acceptors (Lipinski definition) is 0. The third-order valence-corrected chi connectivity index (χ3v) is 7.52. The molecule has 0 aliphatic carbocycles. The van der Waals surface area contributed by atoms with Gasteiger partial charge in [0.25, 0.3) is 0 Å². The van der Waals surface area contributed by atoms with Gasteiger partial charge < -0.3 is 0 Å². The van der Waals surface area contributed by atoms with Gasteiger partial charge in [-0.15, -0.1) is 0 Å². The largest absolute Gasteiger partial charge is 0.0620 e. The van der Waals surface area contributed by atoms with E-state index in [0.717, 1.165) is 0 Å². The van der Waals surface area contributed by atoms with Gasteiger partial charge in [0.05, 0.1) is 0 Å². The summed E-state index contributed by atoms with van der Waals surface area (Å²) in [6.07, 6.45) is 30.0. The van der Waals surface area contributed by atoms with E-state index < -0.39 is 0 Å². The molecule has 208 valence electrons. The van der Waals surface area contributed by atoms with Crippen molar-refractivity contribution < 1.29 is 0 Å². The van der Waals surface area contributed by atoms with Crippen LogP contribution >= 0.6 is 0 Å². The summed E-state index contributed by atoms with van der Waals surface area (Å²) in [5.41, 5.74) is 15.6. The minimum atomic E-state index is 1.21. The van der Waals surface area contributed by atoms with Crippen molar-refractivity contribution in [2.24, 2.45) is 0 Å². The Bertz CT molecular complexity index is 1340. The monoisotopic (exact) mass is 528 g/mol. The van der Waals surface area contributed by atoms with E-state index in [4.69, 9.17) is 0 Å². The molecule has 0 bridgehead atoms. The normalized spacial score (nSPS) is 14.3. The van der Waals surface area contributed by atoms with Gasteiger partial charge in [0.2, 0.25) is 0 Å². The third-order valence-electron chi connectivity index (χ3n) is 7.52. The highest BCUT2D eigenvalue weighted by molar-refractivity contribution is 5.60. The van der Waals surface area contributed by atoms with Crippen molar-refractivity contribution in [3.63, 3.8) is 0 Å². The standard InChI is InChI=1S/C40H48/c1-29(17-13-19-31(3)21-25-39-27-23-33(5)35(7)37(39)9)15-11-12-16-30(2)18-14-20-32(4)22-26-40-28-24-34(6)36(8)38(40)10/h11-28H,1-10H3/b12-11+,17-13+,18-14?,25-21+,26-22?,29-15+,30-16?,31-19+,32-20?. The van der Waals surface area contributed by atoms with E-state index in [1.165, 1.54) is 66.8 Å². The number of allylic oxidation sites excluding steroid dienone is 16. The molecule has 0 N–H and O–H groups in total. The van der Waals surface area contributed by atoms with Crippen LogP contribution in [0.25, 0.3) is 12.2 Å². The lowest BCUT2D eigenvalue weighted by atomic mass is 9.98. The van der Waals surface area contributed by atoms with Crippen molar-refractivity contribution in [3.8, 4) is 0 Å². The zero-order valence-electron chi connectivity index (χ0n) is 26.4. The van der Waals surface area contributed by atoms with Gasteiger partial charge in [-0.25, -0.2) is 0 Å². The summed E-state index contributed by atoms with van der Waals surface area (Å²) in [5, 5.41) is 0. The highest BCUT2D eigenvalue weighted by Crippen LogP contribution is 2.20. The Labute approximate surface area is 245 Å². The summed E-state index contributed by atoms with van der Waals surface area (Å²) in [4.78, 5) is 0. The van der Waals surface area contributed by atoms with E-state index in [0.29, 0.717) is 0 Å². The Hall–Kier alpha value is -3.90. The second kappa shape index (κ2) is 16.3. The molecule has 40 heavy (non-hydrogen) atoms. The smallest absolute Gasteiger partial charge is 0.0224 e. The van der Waals surface area contributed by atoms with Crippen LogP contribution in [0.5, 0.6) is 0 Å². The predicted octanol–water partition coefficient (Wildman–Crippen LogP) is 11.7. The third kappa shape index (κ3) is 10.7. The van der Waals surface area contributed by atoms with Crippen LogP contribution in [0.2, 0.25) is 0 Å². The first-order valence-electron chi connectivity index (χ1n) is 14.2. The van der Waals surface area contributed by atoms with Crippen LogP contribution < -0.4 is 0 Å². The maximum absolute atomic E-state index is 2.21. The van der Waals surface area contributed by atoms with Gasteiger partial charge in [0.15, 0.2) is 0 Å². The van der Waals surface area contributed by atoms with Gasteiger partial charge in [0.1, 0.15) is 0 Å². The number of benzene rings is 2. The SMILES string of the molecule is CC(C=Cc1ccc(C)c(C)c1C)=CC=CC(C)=C/C=C/C=C(C)/C=C/C=C(C)/C=C/c1ccc(C)c(C)c1C. The van der Waals surface area contributed by atoms with E-state index in [1.807, 2.05) is 0 Å². The highest BCUT2D eigenvalue weighted by Gasteiger charge is 2.01. The first kappa shape index (κ1) is 32.3. The van der Waals surface area contributed by atoms with Gasteiger partial charge >= 0.3 is 0 Å². The molecule has 0 aliphatic rings. The van der Waals surface area contributed by atoms with Crippen LogP contribution in [-0.4, -0.2) is 0 Å². The lowest BCUT2D eigenvalue weighted by molar-refractivity contribution is 1.26. The molecule has 0 aromatic heterocycles. The van der Waals surface area contributed by atoms with Crippen molar-refractivity contribution in [2.75, 3.05) is 0 Å². The first-order valence-corrected chi connectivity index (χ1v) is 14.2. The van der Waals surface area contributed by atoms with Crippen molar-refractivity contribution >= 4 is 12.2 Å². The molecule has 0 saturated carbocycles. The Kier molecular flexibility index (Phi) is 13.1. The summed E-state index contributed by atoms with van der Waals surface area (Å²) in [6.45, 7) is 21.6. The molecule has 0 saturated heterocycles. The molecule has 0 heteroatoms. The second-order valence-electron chi connectivity index (χ2n) is 10.9. The van der Waals surface area contributed by atoms with E-state index in [9.17, 15) is 0 Å². The molecule has 0 heterocycles. The fraction of sp³-hybridized carbons (Fsp3) is 0.250. The summed E-state index contributed by atoms with van der Waals surface area (Å²) in [6, 6.07) is 8.79. The van der Waals surface area contributed by atoms with Gasteiger partial charge in [0, 0.05) is 0 Å². The molecule has 2 aromatic rings. The lowest BCUT2D eigenvalue weighted by Crippen LogP contribution is -1.89. The van der Waals surface area contributed by atoms with E-state index in [1.54, 1.807) is 0 Å². The summed E-state index contributed by atoms with van der Waals surface area (Å²) < 4.78 is 0. The first-order chi connectivity index (χ1) is 19.0. The van der Waals surface area contributed by atoms with Crippen LogP contribution in [0.3, 0.4) is 0 Å². The Morgan fingerprint density at radius 1 is 0.400 bits per heavy atom. The second-order valence-corrected chi connectivity index (χ2v) is 10.9. The average Bonchev–Trinajstić information content (AvgIpc) is 2.92. The molecule has 2 aromatic carbocycles. The summed E-state index contributed by atoms with van der Waals surface area (Å²) in [5.74, 6) is 0. The van der Waals surface area contributed by atoms with Crippen molar-refractivity contribution in [1.29, 1.82) is 0 Å². The minimum Gasteiger partial charge on any atom is -0.0620 e. The molecule has 0 unspecified atom stereocenters. The van der Waals surface area contributed by atoms with E-state index in [2.05, 4.69) is 179 Å². The Morgan fingerprint density at radius 3 is 1.10 bits per heavy atom. The van der Waals surface area contributed by atoms with Crippen molar-refractivity contribution in [1.82, 2.24) is 0 Å². The zero-order chi connectivity index (χ0) is 29.7. The number of rotatable bonds is 10. The molecule has 0 aliphatic heterocycles. The van der Waals surface area contributed by atoms with Crippen LogP contribution in [-0.2, 0) is 0 Å². The van der Waals surface area contributed by atoms with Crippen LogP contribution in [0, 0.1) is 41.5 Å². The van der Waals surface area contributed by atoms with Gasteiger partial charge in [-0.1, -0.05) is 132 Å². The van der Waals surface area contributed by atoms with Crippen LogP contribution in [0.15, 0.2) is 119 Å². The van der Waals surface area contributed by atoms with Gasteiger partial charge in [-0.05, 0) is 114 Å². The molecule has 0 radical (unpaired) electrons. The van der Waals surface area contributed by atoms with Gasteiger partial charge in [-0.3, -0.25) is 0 Å². The molecule has 0 amide bonds. The van der Waals surface area contributed by atoms with Crippen molar-refractivity contribution in [3.05, 3.63) is 164 Å². The highest BCUT2D eigenvalue weighted by atomic mass is 14.1. The summed E-state index contributed by atoms with van der Waals surface area (Å²) >= 11 is 0. The molecule has 0 spiro atoms. The van der Waals surface area contributed by atoms with Gasteiger partial charge in [-0.2, -0.15) is 0 Å². The van der Waals surface area contributed by atoms with E-state index >= 15 is 0 Å². The lowest BCUT2D eigenvalue weighted by Gasteiger charge is -2.07. The fourth-order valence-corrected chi connectivity index (χ4v) is 4.10. The van der Waals surface area contributed by atoms with E-state index in [-0.39, 0.29) is 0 Å². The molecule has 0 nitrogen and oxygen atoms in total. The van der Waals surface area contributed by atoms with Crippen LogP contribution in [0.1, 0.15) is 72.2 Å². The number of aryl methyl sites for hydroxylation is 2. The topological polar surface area (TPSA) is 0 Å². The maximum Gasteiger partial charge on any atom is -0.0224 e. The maximum atomic E-state index is 2.21.